The molecule has 1 amide bonds. The number of nitrogens with one attached hydrogen (secondary N) is 2. The van der Waals surface area contributed by atoms with E-state index in [1.165, 1.54) is 49.2 Å². The van der Waals surface area contributed by atoms with Gasteiger partial charge in [0.1, 0.15) is 12.2 Å². The van der Waals surface area contributed by atoms with Crippen LogP contribution in [0.5, 0.6) is 11.9 Å². The van der Waals surface area contributed by atoms with Gasteiger partial charge >= 0.3 is 6.01 Å². The number of sulfonamides is 1. The van der Waals surface area contributed by atoms with E-state index in [9.17, 15) is 22.0 Å². The molecule has 15 heteroatoms. The number of anilines is 2. The number of benzene rings is 1. The summed E-state index contributed by atoms with van der Waals surface area (Å²) in [5, 5.41) is 6.53. The van der Waals surface area contributed by atoms with Crippen molar-refractivity contribution in [1.82, 2.24) is 19.7 Å². The van der Waals surface area contributed by atoms with E-state index >= 15 is 0 Å². The predicted octanol–water partition coefficient (Wildman–Crippen LogP) is 3.71. The van der Waals surface area contributed by atoms with E-state index in [0.29, 0.717) is 11.4 Å². The van der Waals surface area contributed by atoms with Crippen LogP contribution in [0.1, 0.15) is 36.6 Å². The van der Waals surface area contributed by atoms with E-state index < -0.39 is 28.0 Å². The Bertz CT molecular complexity index is 1360. The maximum Gasteiger partial charge on any atom is 0.321 e. The lowest BCUT2D eigenvalue weighted by atomic mass is 10.2. The summed E-state index contributed by atoms with van der Waals surface area (Å²) in [5.74, 6) is -0.371. The van der Waals surface area contributed by atoms with E-state index in [0.717, 1.165) is 12.8 Å². The first kappa shape index (κ1) is 25.8. The van der Waals surface area contributed by atoms with Crippen molar-refractivity contribution in [3.63, 3.8) is 0 Å². The molecule has 36 heavy (non-hydrogen) atoms. The number of nitrogens with zero attached hydrogens (tertiary/aromatic N) is 4. The SMILES string of the molecule is COc1cc(NS(=O)(=O)c2ccc(NC(=O)Cn3nc(C(F)F)c(Br)c3C3CC3)cc2)nc(OC)n1. The molecule has 192 valence electrons. The second-order valence-corrected chi connectivity index (χ2v) is 10.3. The van der Waals surface area contributed by atoms with Crippen LogP contribution < -0.4 is 19.5 Å². The lowest BCUT2D eigenvalue weighted by Gasteiger charge is -2.11. The Hall–Kier alpha value is -3.33. The molecule has 2 N–H and O–H groups in total. The molecule has 0 aliphatic heterocycles. The summed E-state index contributed by atoms with van der Waals surface area (Å²) in [6.07, 6.45) is -1.09. The highest BCUT2D eigenvalue weighted by molar-refractivity contribution is 9.10. The van der Waals surface area contributed by atoms with Gasteiger partial charge in [-0.05, 0) is 53.0 Å². The van der Waals surface area contributed by atoms with E-state index in [1.807, 2.05) is 0 Å². The lowest BCUT2D eigenvalue weighted by Crippen LogP contribution is -2.21. The maximum atomic E-state index is 13.3. The second-order valence-electron chi connectivity index (χ2n) is 7.78. The van der Waals surface area contributed by atoms with Gasteiger partial charge in [-0.3, -0.25) is 14.2 Å². The Morgan fingerprint density at radius 1 is 1.19 bits per heavy atom. The topological polar surface area (TPSA) is 137 Å². The van der Waals surface area contributed by atoms with Gasteiger partial charge in [0.2, 0.25) is 11.8 Å². The number of carbonyl (C=O) groups is 1. The third kappa shape index (κ3) is 5.73. The quantitative estimate of drug-likeness (QED) is 0.367. The third-order valence-electron chi connectivity index (χ3n) is 5.18. The summed E-state index contributed by atoms with van der Waals surface area (Å²) in [7, 11) is -1.34. The number of aromatic nitrogens is 4. The van der Waals surface area contributed by atoms with Crippen molar-refractivity contribution in [2.45, 2.75) is 36.6 Å². The number of halogens is 3. The van der Waals surface area contributed by atoms with Crippen LogP contribution in [-0.2, 0) is 21.4 Å². The third-order valence-corrected chi connectivity index (χ3v) is 7.36. The van der Waals surface area contributed by atoms with Crippen molar-refractivity contribution in [1.29, 1.82) is 0 Å². The summed E-state index contributed by atoms with van der Waals surface area (Å²) in [6.45, 7) is -0.268. The number of hydrogen-bond donors (Lipinski definition) is 2. The van der Waals surface area contributed by atoms with Crippen LogP contribution >= 0.6 is 15.9 Å². The Morgan fingerprint density at radius 3 is 2.47 bits per heavy atom. The zero-order valence-electron chi connectivity index (χ0n) is 19.0. The molecule has 2 heterocycles. The lowest BCUT2D eigenvalue weighted by molar-refractivity contribution is -0.117. The molecule has 1 aliphatic rings. The van der Waals surface area contributed by atoms with Crippen LogP contribution in [0.2, 0.25) is 0 Å². The van der Waals surface area contributed by atoms with Crippen LogP contribution in [0.15, 0.2) is 39.7 Å². The number of alkyl halides is 2. The van der Waals surface area contributed by atoms with E-state index in [-0.39, 0.29) is 39.5 Å². The highest BCUT2D eigenvalue weighted by Gasteiger charge is 2.34. The molecule has 1 fully saturated rings. The van der Waals surface area contributed by atoms with Crippen molar-refractivity contribution in [2.24, 2.45) is 0 Å². The average Bonchev–Trinajstić information content (AvgIpc) is 3.61. The number of ether oxygens (including phenoxy) is 2. The van der Waals surface area contributed by atoms with Crippen LogP contribution in [0.25, 0.3) is 0 Å². The molecule has 0 radical (unpaired) electrons. The smallest absolute Gasteiger partial charge is 0.321 e. The minimum absolute atomic E-state index is 0.0592. The number of carbonyl (C=O) groups excluding carboxylic acids is 1. The molecule has 0 atom stereocenters. The molecule has 4 rings (SSSR count). The summed E-state index contributed by atoms with van der Waals surface area (Å²) in [6, 6.07) is 6.60. The van der Waals surface area contributed by atoms with Gasteiger partial charge in [-0.2, -0.15) is 15.1 Å². The fourth-order valence-corrected chi connectivity index (χ4v) is 5.15. The van der Waals surface area contributed by atoms with Crippen LogP contribution in [0.3, 0.4) is 0 Å². The Labute approximate surface area is 213 Å². The Balaban J connectivity index is 1.45. The van der Waals surface area contributed by atoms with Crippen molar-refractivity contribution >= 4 is 43.4 Å². The normalized spacial score (nSPS) is 13.5. The van der Waals surface area contributed by atoms with Crippen molar-refractivity contribution in [3.05, 3.63) is 46.2 Å². The number of methoxy groups -OCH3 is 2. The number of hydrogen-bond acceptors (Lipinski definition) is 8. The first-order valence-electron chi connectivity index (χ1n) is 10.5. The van der Waals surface area contributed by atoms with Crippen LogP contribution in [0.4, 0.5) is 20.3 Å². The van der Waals surface area contributed by atoms with Crippen molar-refractivity contribution in [3.8, 4) is 11.9 Å². The van der Waals surface area contributed by atoms with Crippen molar-refractivity contribution < 1.29 is 31.5 Å². The molecule has 11 nitrogen and oxygen atoms in total. The van der Waals surface area contributed by atoms with Gasteiger partial charge < -0.3 is 14.8 Å². The summed E-state index contributed by atoms with van der Waals surface area (Å²) < 4.78 is 65.8. The summed E-state index contributed by atoms with van der Waals surface area (Å²) in [4.78, 5) is 20.3. The number of amides is 1. The molecule has 1 saturated carbocycles. The Kier molecular flexibility index (Phi) is 7.40. The molecule has 2 aromatic heterocycles. The minimum Gasteiger partial charge on any atom is -0.481 e. The molecule has 1 aromatic carbocycles. The molecule has 0 unspecified atom stereocenters. The molecule has 0 spiro atoms. The van der Waals surface area contributed by atoms with Gasteiger partial charge in [0, 0.05) is 17.7 Å². The Morgan fingerprint density at radius 2 is 1.89 bits per heavy atom. The van der Waals surface area contributed by atoms with Gasteiger partial charge in [-0.25, -0.2) is 17.2 Å². The molecule has 0 saturated heterocycles. The van der Waals surface area contributed by atoms with E-state index in [2.05, 4.69) is 41.0 Å². The molecule has 1 aliphatic carbocycles. The molecule has 3 aromatic rings. The highest BCUT2D eigenvalue weighted by atomic mass is 79.9. The summed E-state index contributed by atoms with van der Waals surface area (Å²) >= 11 is 3.19. The predicted molar refractivity (Wildman–Crippen MR) is 128 cm³/mol. The monoisotopic (exact) mass is 586 g/mol. The zero-order chi connectivity index (χ0) is 26.0. The van der Waals surface area contributed by atoms with Gasteiger partial charge in [0.05, 0.1) is 29.3 Å². The van der Waals surface area contributed by atoms with Gasteiger partial charge in [-0.15, -0.1) is 0 Å². The first-order chi connectivity index (χ1) is 17.1. The van der Waals surface area contributed by atoms with Crippen LogP contribution in [0, 0.1) is 0 Å². The fraction of sp³-hybridized carbons (Fsp3) is 0.333. The van der Waals surface area contributed by atoms with Crippen molar-refractivity contribution in [2.75, 3.05) is 24.3 Å². The maximum absolute atomic E-state index is 13.3. The highest BCUT2D eigenvalue weighted by Crippen LogP contribution is 2.45. The van der Waals surface area contributed by atoms with E-state index in [1.54, 1.807) is 0 Å². The van der Waals surface area contributed by atoms with Gasteiger partial charge in [0.25, 0.3) is 16.4 Å². The fourth-order valence-electron chi connectivity index (χ4n) is 3.38. The molecule has 0 bridgehead atoms. The first-order valence-corrected chi connectivity index (χ1v) is 12.8. The number of rotatable bonds is 10. The average molecular weight is 587 g/mol. The zero-order valence-corrected chi connectivity index (χ0v) is 21.4. The molecular formula is C21H21BrF2N6O5S. The van der Waals surface area contributed by atoms with Gasteiger partial charge in [-0.1, -0.05) is 0 Å². The minimum atomic E-state index is -4.03. The van der Waals surface area contributed by atoms with Gasteiger partial charge in [0.15, 0.2) is 5.82 Å². The second kappa shape index (κ2) is 10.3. The summed E-state index contributed by atoms with van der Waals surface area (Å²) in [5.41, 5.74) is 0.495. The standard InChI is InChI=1S/C21H21BrF2N6O5S/c1-34-16-9-14(26-21(27-16)35-2)29-36(32,33)13-7-5-12(6-8-13)25-15(31)10-30-19(11-3-4-11)17(22)18(28-30)20(23)24/h5-9,11,20H,3-4,10H2,1-2H3,(H,25,31)(H,26,27,29). The van der Waals surface area contributed by atoms with E-state index in [4.69, 9.17) is 9.47 Å². The van der Waals surface area contributed by atoms with Crippen LogP contribution in [-0.4, -0.2) is 48.3 Å². The molecular weight excluding hydrogens is 566 g/mol. The largest absolute Gasteiger partial charge is 0.481 e.